The van der Waals surface area contributed by atoms with Crippen molar-refractivity contribution < 1.29 is 13.2 Å². The van der Waals surface area contributed by atoms with Crippen molar-refractivity contribution in [2.24, 2.45) is 0 Å². The highest BCUT2D eigenvalue weighted by molar-refractivity contribution is 9.10. The quantitative estimate of drug-likeness (QED) is 0.449. The number of likely N-dealkylation sites (N-methyl/N-ethyl adjacent to an activating group) is 2. The van der Waals surface area contributed by atoms with Crippen molar-refractivity contribution in [3.8, 4) is 5.75 Å². The number of nitrogens with zero attached hydrogens (tertiary/aromatic N) is 3. The molecule has 0 aliphatic heterocycles. The number of hydrogen-bond acceptors (Lipinski definition) is 5. The summed E-state index contributed by atoms with van der Waals surface area (Å²) in [5, 5.41) is 1.17. The van der Waals surface area contributed by atoms with Gasteiger partial charge in [0.05, 0.1) is 23.3 Å². The molecule has 0 radical (unpaired) electrons. The predicted octanol–water partition coefficient (Wildman–Crippen LogP) is 4.30. The molecular formula is C21H25BrClN3O3S. The lowest BCUT2D eigenvalue weighted by atomic mass is 10.2. The fourth-order valence-corrected chi connectivity index (χ4v) is 6.18. The summed E-state index contributed by atoms with van der Waals surface area (Å²) in [6.07, 6.45) is 0. The zero-order valence-corrected chi connectivity index (χ0v) is 20.6. The molecule has 1 heterocycles. The summed E-state index contributed by atoms with van der Waals surface area (Å²) in [6.45, 7) is 2.02. The predicted molar refractivity (Wildman–Crippen MR) is 125 cm³/mol. The van der Waals surface area contributed by atoms with E-state index in [0.717, 1.165) is 13.1 Å². The maximum absolute atomic E-state index is 13.8. The molecule has 0 atom stereocenters. The van der Waals surface area contributed by atoms with Gasteiger partial charge in [-0.2, -0.15) is 0 Å². The molecule has 0 unspecified atom stereocenters. The van der Waals surface area contributed by atoms with Crippen LogP contribution in [0.2, 0.25) is 5.02 Å². The van der Waals surface area contributed by atoms with Crippen LogP contribution in [0.4, 0.5) is 0 Å². The van der Waals surface area contributed by atoms with Gasteiger partial charge in [0.15, 0.2) is 0 Å². The lowest BCUT2D eigenvalue weighted by Crippen LogP contribution is -2.29. The highest BCUT2D eigenvalue weighted by Crippen LogP contribution is 2.36. The number of halogens is 2. The van der Waals surface area contributed by atoms with E-state index in [4.69, 9.17) is 16.3 Å². The van der Waals surface area contributed by atoms with Crippen LogP contribution in [0, 0.1) is 0 Å². The van der Waals surface area contributed by atoms with E-state index in [9.17, 15) is 8.42 Å². The first-order chi connectivity index (χ1) is 14.2. The lowest BCUT2D eigenvalue weighted by molar-refractivity contribution is 0.274. The molecule has 3 rings (SSSR count). The number of para-hydroxylation sites is 1. The van der Waals surface area contributed by atoms with Crippen LogP contribution in [0.15, 0.2) is 51.8 Å². The molecule has 162 valence electrons. The smallest absolute Gasteiger partial charge is 0.269 e. The largest absolute Gasteiger partial charge is 0.497 e. The van der Waals surface area contributed by atoms with Gasteiger partial charge in [-0.1, -0.05) is 29.8 Å². The zero-order chi connectivity index (χ0) is 22.1. The van der Waals surface area contributed by atoms with Crippen molar-refractivity contribution in [2.45, 2.75) is 11.4 Å². The van der Waals surface area contributed by atoms with Crippen molar-refractivity contribution in [1.29, 1.82) is 0 Å². The second kappa shape index (κ2) is 9.28. The van der Waals surface area contributed by atoms with Gasteiger partial charge in [-0.15, -0.1) is 0 Å². The van der Waals surface area contributed by atoms with Crippen LogP contribution in [0.25, 0.3) is 10.9 Å². The van der Waals surface area contributed by atoms with Gasteiger partial charge < -0.3 is 9.64 Å². The summed E-state index contributed by atoms with van der Waals surface area (Å²) in [7, 11) is 3.59. The Labute approximate surface area is 191 Å². The Bertz CT molecular complexity index is 1160. The number of ether oxygens (including phenoxy) is 1. The monoisotopic (exact) mass is 513 g/mol. The second-order valence-corrected chi connectivity index (χ2v) is 10.4. The van der Waals surface area contributed by atoms with Crippen LogP contribution in [-0.2, 0) is 16.6 Å². The number of hydrogen-bond donors (Lipinski definition) is 0. The number of rotatable bonds is 8. The van der Waals surface area contributed by atoms with Gasteiger partial charge in [-0.25, -0.2) is 12.4 Å². The van der Waals surface area contributed by atoms with Crippen molar-refractivity contribution in [3.63, 3.8) is 0 Å². The Morgan fingerprint density at radius 1 is 1.10 bits per heavy atom. The fourth-order valence-electron chi connectivity index (χ4n) is 3.26. The minimum absolute atomic E-state index is 0.151. The molecule has 3 aromatic rings. The molecule has 30 heavy (non-hydrogen) atoms. The minimum atomic E-state index is -3.92. The first kappa shape index (κ1) is 23.1. The van der Waals surface area contributed by atoms with E-state index in [1.165, 1.54) is 11.1 Å². The highest BCUT2D eigenvalue weighted by atomic mass is 79.9. The summed E-state index contributed by atoms with van der Waals surface area (Å²) in [6, 6.07) is 12.1. The van der Waals surface area contributed by atoms with E-state index in [1.807, 2.05) is 39.3 Å². The van der Waals surface area contributed by atoms with Gasteiger partial charge in [0.1, 0.15) is 10.6 Å². The van der Waals surface area contributed by atoms with Gasteiger partial charge >= 0.3 is 0 Å². The molecule has 0 spiro atoms. The van der Waals surface area contributed by atoms with E-state index < -0.39 is 10.0 Å². The molecule has 0 aliphatic rings. The fraction of sp³-hybridized carbons (Fsp3) is 0.333. The second-order valence-electron chi connectivity index (χ2n) is 7.38. The number of methoxy groups -OCH3 is 1. The third-order valence-electron chi connectivity index (χ3n) is 4.86. The topological polar surface area (TPSA) is 54.8 Å². The summed E-state index contributed by atoms with van der Waals surface area (Å²) in [4.78, 5) is 4.30. The molecule has 0 saturated carbocycles. The average molecular weight is 515 g/mol. The van der Waals surface area contributed by atoms with Crippen LogP contribution in [-0.4, -0.2) is 63.5 Å². The Balaban J connectivity index is 2.16. The van der Waals surface area contributed by atoms with Gasteiger partial charge in [0, 0.05) is 29.5 Å². The van der Waals surface area contributed by atoms with Gasteiger partial charge in [0.25, 0.3) is 10.0 Å². The maximum atomic E-state index is 13.8. The normalized spacial score (nSPS) is 12.3. The summed E-state index contributed by atoms with van der Waals surface area (Å²) in [5.74, 6) is 0.569. The van der Waals surface area contributed by atoms with Crippen molar-refractivity contribution >= 4 is 48.5 Å². The molecule has 0 fully saturated rings. The number of benzene rings is 2. The molecule has 0 bridgehead atoms. The molecular weight excluding hydrogens is 490 g/mol. The standard InChI is InChI=1S/C21H25BrClN3O3S/c1-24(2)11-12-25(3)14-19-21(23)16-7-5-6-8-18(16)26(19)30(27,28)20-10-9-15(29-4)13-17(20)22/h5-10,13H,11-12,14H2,1-4H3. The first-order valence-corrected chi connectivity index (χ1v) is 12.0. The molecule has 6 nitrogen and oxygen atoms in total. The van der Waals surface area contributed by atoms with Crippen LogP contribution < -0.4 is 4.74 Å². The number of aromatic nitrogens is 1. The molecule has 2 aromatic carbocycles. The SMILES string of the molecule is COc1ccc(S(=O)(=O)n2c(CN(C)CCN(C)C)c(Cl)c3ccccc32)c(Br)c1. The van der Waals surface area contributed by atoms with E-state index >= 15 is 0 Å². The summed E-state index contributed by atoms with van der Waals surface area (Å²) >= 11 is 10.1. The van der Waals surface area contributed by atoms with E-state index in [-0.39, 0.29) is 4.90 Å². The third kappa shape index (κ3) is 4.53. The Kier molecular flexibility index (Phi) is 7.14. The van der Waals surface area contributed by atoms with Crippen molar-refractivity contribution in [2.75, 3.05) is 41.3 Å². The molecule has 1 aromatic heterocycles. The van der Waals surface area contributed by atoms with Gasteiger partial charge in [-0.3, -0.25) is 4.90 Å². The van der Waals surface area contributed by atoms with Crippen LogP contribution in [0.1, 0.15) is 5.69 Å². The molecule has 9 heteroatoms. The Morgan fingerprint density at radius 2 is 1.80 bits per heavy atom. The highest BCUT2D eigenvalue weighted by Gasteiger charge is 2.28. The van der Waals surface area contributed by atoms with Crippen LogP contribution in [0.3, 0.4) is 0 Å². The number of fused-ring (bicyclic) bond motifs is 1. The molecule has 0 N–H and O–H groups in total. The average Bonchev–Trinajstić information content (AvgIpc) is 2.98. The molecule has 0 saturated heterocycles. The van der Waals surface area contributed by atoms with Gasteiger partial charge in [-0.05, 0) is 61.3 Å². The minimum Gasteiger partial charge on any atom is -0.497 e. The zero-order valence-electron chi connectivity index (χ0n) is 17.4. The van der Waals surface area contributed by atoms with Crippen molar-refractivity contribution in [1.82, 2.24) is 13.8 Å². The Hall–Kier alpha value is -1.58. The first-order valence-electron chi connectivity index (χ1n) is 9.37. The molecule has 0 amide bonds. The van der Waals surface area contributed by atoms with Crippen LogP contribution in [0.5, 0.6) is 5.75 Å². The van der Waals surface area contributed by atoms with E-state index in [2.05, 4.69) is 25.7 Å². The molecule has 0 aliphatic carbocycles. The van der Waals surface area contributed by atoms with Gasteiger partial charge in [0.2, 0.25) is 0 Å². The summed E-state index contributed by atoms with van der Waals surface area (Å²) in [5.41, 5.74) is 1.10. The summed E-state index contributed by atoms with van der Waals surface area (Å²) < 4.78 is 34.5. The van der Waals surface area contributed by atoms with E-state index in [1.54, 1.807) is 24.3 Å². The third-order valence-corrected chi connectivity index (χ3v) is 8.01. The van der Waals surface area contributed by atoms with Crippen molar-refractivity contribution in [3.05, 3.63) is 57.7 Å². The maximum Gasteiger partial charge on any atom is 0.269 e. The Morgan fingerprint density at radius 3 is 2.43 bits per heavy atom. The lowest BCUT2D eigenvalue weighted by Gasteiger charge is -2.21. The van der Waals surface area contributed by atoms with E-state index in [0.29, 0.717) is 38.4 Å². The van der Waals surface area contributed by atoms with Crippen LogP contribution >= 0.6 is 27.5 Å².